The van der Waals surface area contributed by atoms with Crippen LogP contribution in [-0.4, -0.2) is 44.5 Å². The minimum Gasteiger partial charge on any atom is -0.493 e. The molecule has 2 aromatic carbocycles. The quantitative estimate of drug-likeness (QED) is 0.491. The molecule has 1 aliphatic heterocycles. The molecule has 0 radical (unpaired) electrons. The van der Waals surface area contributed by atoms with Crippen LogP contribution in [-0.2, 0) is 6.42 Å². The molecule has 1 fully saturated rings. The van der Waals surface area contributed by atoms with Gasteiger partial charge >= 0.3 is 0 Å². The van der Waals surface area contributed by atoms with E-state index < -0.39 is 0 Å². The molecule has 0 bridgehead atoms. The molecular weight excluding hydrogens is 406 g/mol. The summed E-state index contributed by atoms with van der Waals surface area (Å²) in [6.45, 7) is 2.72. The number of ketones is 1. The highest BCUT2D eigenvalue weighted by molar-refractivity contribution is 5.97. The number of nitrogens with zero attached hydrogens (tertiary/aromatic N) is 1. The third-order valence-corrected chi connectivity index (χ3v) is 6.29. The molecular formula is C26H29NO5. The fourth-order valence-electron chi connectivity index (χ4n) is 4.42. The number of likely N-dealkylation sites (tertiary alicyclic amines) is 1. The fourth-order valence-corrected chi connectivity index (χ4v) is 4.42. The largest absolute Gasteiger partial charge is 0.493 e. The van der Waals surface area contributed by atoms with Gasteiger partial charge in [0.1, 0.15) is 5.58 Å². The van der Waals surface area contributed by atoms with Crippen LogP contribution in [0.25, 0.3) is 11.0 Å². The summed E-state index contributed by atoms with van der Waals surface area (Å²) in [5.74, 6) is 1.40. The zero-order valence-corrected chi connectivity index (χ0v) is 18.6. The molecule has 4 rings (SSSR count). The van der Waals surface area contributed by atoms with Gasteiger partial charge in [-0.1, -0.05) is 30.3 Å². The first-order chi connectivity index (χ1) is 15.6. The third-order valence-electron chi connectivity index (χ3n) is 6.29. The number of fused-ring (bicyclic) bond motifs is 1. The minimum absolute atomic E-state index is 0.0284. The molecule has 168 valence electrons. The highest BCUT2D eigenvalue weighted by Crippen LogP contribution is 2.31. The van der Waals surface area contributed by atoms with Crippen LogP contribution in [0.2, 0.25) is 0 Å². The molecule has 6 nitrogen and oxygen atoms in total. The van der Waals surface area contributed by atoms with Crippen LogP contribution in [0, 0.1) is 5.92 Å². The van der Waals surface area contributed by atoms with Crippen LogP contribution in [0.1, 0.15) is 35.2 Å². The molecule has 1 saturated heterocycles. The van der Waals surface area contributed by atoms with Crippen molar-refractivity contribution in [1.82, 2.24) is 4.90 Å². The summed E-state index contributed by atoms with van der Waals surface area (Å²) >= 11 is 0. The standard InChI is InChI=1S/C26H29NO5/c1-30-23-15-21-22(16-24(23)31-2)32-17-20(26(21)29)9-6-12-27-13-10-19(11-14-27)25(28)18-7-4-3-5-8-18/h3-5,7-8,15-17,19H,6,9-14H2,1-2H3. The van der Waals surface area contributed by atoms with E-state index in [0.29, 0.717) is 34.5 Å². The van der Waals surface area contributed by atoms with Gasteiger partial charge < -0.3 is 18.8 Å². The zero-order valence-electron chi connectivity index (χ0n) is 18.6. The Hall–Kier alpha value is -3.12. The Morgan fingerprint density at radius 2 is 1.75 bits per heavy atom. The average molecular weight is 436 g/mol. The Kier molecular flexibility index (Phi) is 6.90. The number of aryl methyl sites for hydroxylation is 1. The number of methoxy groups -OCH3 is 2. The monoisotopic (exact) mass is 435 g/mol. The van der Waals surface area contributed by atoms with Gasteiger partial charge in [-0.25, -0.2) is 0 Å². The molecule has 0 spiro atoms. The van der Waals surface area contributed by atoms with E-state index in [1.165, 1.54) is 0 Å². The summed E-state index contributed by atoms with van der Waals surface area (Å²) in [6, 6.07) is 12.9. The van der Waals surface area contributed by atoms with Crippen molar-refractivity contribution < 1.29 is 18.7 Å². The average Bonchev–Trinajstić information content (AvgIpc) is 2.85. The summed E-state index contributed by atoms with van der Waals surface area (Å²) in [4.78, 5) is 28.0. The number of carbonyl (C=O) groups is 1. The van der Waals surface area contributed by atoms with Crippen molar-refractivity contribution in [2.45, 2.75) is 25.7 Å². The lowest BCUT2D eigenvalue weighted by Crippen LogP contribution is -2.37. The van der Waals surface area contributed by atoms with E-state index in [4.69, 9.17) is 13.9 Å². The van der Waals surface area contributed by atoms with E-state index in [9.17, 15) is 9.59 Å². The van der Waals surface area contributed by atoms with Gasteiger partial charge in [0.2, 0.25) is 0 Å². The lowest BCUT2D eigenvalue weighted by molar-refractivity contribution is 0.0839. The van der Waals surface area contributed by atoms with Crippen molar-refractivity contribution in [2.24, 2.45) is 5.92 Å². The fraction of sp³-hybridized carbons (Fsp3) is 0.385. The Morgan fingerprint density at radius 3 is 2.44 bits per heavy atom. The minimum atomic E-state index is -0.0284. The van der Waals surface area contributed by atoms with Crippen molar-refractivity contribution >= 4 is 16.8 Å². The highest BCUT2D eigenvalue weighted by atomic mass is 16.5. The number of hydrogen-bond donors (Lipinski definition) is 0. The van der Waals surface area contributed by atoms with Crippen LogP contribution in [0.5, 0.6) is 11.5 Å². The maximum Gasteiger partial charge on any atom is 0.195 e. The molecule has 6 heteroatoms. The second-order valence-corrected chi connectivity index (χ2v) is 8.24. The van der Waals surface area contributed by atoms with Crippen molar-refractivity contribution in [3.05, 3.63) is 70.1 Å². The number of piperidine rings is 1. The van der Waals surface area contributed by atoms with Gasteiger partial charge in [0.05, 0.1) is 25.9 Å². The van der Waals surface area contributed by atoms with E-state index in [1.807, 2.05) is 30.3 Å². The normalized spacial score (nSPS) is 15.1. The van der Waals surface area contributed by atoms with Gasteiger partial charge in [-0.15, -0.1) is 0 Å². The molecule has 1 aliphatic rings. The molecule has 0 amide bonds. The Labute approximate surface area is 187 Å². The Bertz CT molecular complexity index is 1130. The molecule has 2 heterocycles. The SMILES string of the molecule is COc1cc2occ(CCCN3CCC(C(=O)c4ccccc4)CC3)c(=O)c2cc1OC. The van der Waals surface area contributed by atoms with Crippen molar-refractivity contribution in [1.29, 1.82) is 0 Å². The van der Waals surface area contributed by atoms with E-state index >= 15 is 0 Å². The molecule has 0 unspecified atom stereocenters. The number of ether oxygens (including phenoxy) is 2. The van der Waals surface area contributed by atoms with Gasteiger partial charge in [0.25, 0.3) is 0 Å². The van der Waals surface area contributed by atoms with Gasteiger partial charge in [0.15, 0.2) is 22.7 Å². The number of Topliss-reactive ketones (excluding diaryl/α,β-unsaturated/α-hetero) is 1. The molecule has 1 aromatic heterocycles. The maximum absolute atomic E-state index is 12.9. The van der Waals surface area contributed by atoms with Crippen LogP contribution in [0.4, 0.5) is 0 Å². The van der Waals surface area contributed by atoms with Crippen molar-refractivity contribution in [2.75, 3.05) is 33.9 Å². The van der Waals surface area contributed by atoms with Crippen molar-refractivity contribution in [3.63, 3.8) is 0 Å². The number of carbonyl (C=O) groups excluding carboxylic acids is 1. The lowest BCUT2D eigenvalue weighted by atomic mass is 9.89. The second kappa shape index (κ2) is 10.0. The summed E-state index contributed by atoms with van der Waals surface area (Å²) < 4.78 is 16.3. The molecule has 3 aromatic rings. The maximum atomic E-state index is 12.9. The van der Waals surface area contributed by atoms with Crippen LogP contribution in [0.3, 0.4) is 0 Å². The van der Waals surface area contributed by atoms with E-state index in [2.05, 4.69) is 4.90 Å². The first-order valence-electron chi connectivity index (χ1n) is 11.1. The summed E-state index contributed by atoms with van der Waals surface area (Å²) in [5.41, 5.74) is 1.93. The van der Waals surface area contributed by atoms with Crippen LogP contribution in [0.15, 0.2) is 57.9 Å². The van der Waals surface area contributed by atoms with Crippen molar-refractivity contribution in [3.8, 4) is 11.5 Å². The molecule has 32 heavy (non-hydrogen) atoms. The van der Waals surface area contributed by atoms with Gasteiger partial charge in [0, 0.05) is 23.1 Å². The topological polar surface area (TPSA) is 69.0 Å². The molecule has 0 atom stereocenters. The first kappa shape index (κ1) is 22.1. The molecule has 0 aliphatic carbocycles. The Morgan fingerprint density at radius 1 is 1.06 bits per heavy atom. The summed E-state index contributed by atoms with van der Waals surface area (Å²) in [5, 5.41) is 0.500. The number of hydrogen-bond acceptors (Lipinski definition) is 6. The number of benzene rings is 2. The Balaban J connectivity index is 1.32. The smallest absolute Gasteiger partial charge is 0.195 e. The summed E-state index contributed by atoms with van der Waals surface area (Å²) in [7, 11) is 3.10. The zero-order chi connectivity index (χ0) is 22.5. The summed E-state index contributed by atoms with van der Waals surface area (Å²) in [6.07, 6.45) is 4.83. The highest BCUT2D eigenvalue weighted by Gasteiger charge is 2.25. The van der Waals surface area contributed by atoms with E-state index in [0.717, 1.165) is 44.5 Å². The predicted octanol–water partition coefficient (Wildman–Crippen LogP) is 4.34. The van der Waals surface area contributed by atoms with Gasteiger partial charge in [-0.2, -0.15) is 0 Å². The first-order valence-corrected chi connectivity index (χ1v) is 11.1. The van der Waals surface area contributed by atoms with Crippen LogP contribution >= 0.6 is 0 Å². The van der Waals surface area contributed by atoms with E-state index in [1.54, 1.807) is 32.6 Å². The van der Waals surface area contributed by atoms with E-state index in [-0.39, 0.29) is 17.1 Å². The molecule has 0 N–H and O–H groups in total. The number of rotatable bonds is 8. The lowest BCUT2D eigenvalue weighted by Gasteiger charge is -2.31. The van der Waals surface area contributed by atoms with Crippen LogP contribution < -0.4 is 14.9 Å². The third kappa shape index (κ3) is 4.70. The molecule has 0 saturated carbocycles. The van der Waals surface area contributed by atoms with Gasteiger partial charge in [-0.05, 0) is 51.4 Å². The van der Waals surface area contributed by atoms with Gasteiger partial charge in [-0.3, -0.25) is 9.59 Å². The second-order valence-electron chi connectivity index (χ2n) is 8.24. The predicted molar refractivity (Wildman–Crippen MR) is 124 cm³/mol.